The molecule has 0 saturated carbocycles. The molecule has 0 saturated heterocycles. The summed E-state index contributed by atoms with van der Waals surface area (Å²) in [5.41, 5.74) is 0.976. The average molecular weight is 361 g/mol. The van der Waals surface area contributed by atoms with Crippen molar-refractivity contribution in [1.29, 1.82) is 0 Å². The number of imidazole rings is 1. The zero-order chi connectivity index (χ0) is 17.4. The Balaban J connectivity index is 1.70. The van der Waals surface area contributed by atoms with E-state index in [0.29, 0.717) is 22.6 Å². The van der Waals surface area contributed by atoms with Gasteiger partial charge in [0.2, 0.25) is 11.6 Å². The number of para-hydroxylation sites is 1. The van der Waals surface area contributed by atoms with Gasteiger partial charge in [-0.1, -0.05) is 30.0 Å². The summed E-state index contributed by atoms with van der Waals surface area (Å²) in [5, 5.41) is 0.866. The van der Waals surface area contributed by atoms with Gasteiger partial charge < -0.3 is 0 Å². The quantitative estimate of drug-likeness (QED) is 0.408. The first-order chi connectivity index (χ1) is 12.0. The molecule has 0 aliphatic heterocycles. The molecule has 0 aliphatic carbocycles. The SMILES string of the molecule is FC(F)(F)c1nc(SCc2cn3cccnc3n2)c2ccccc2n1. The lowest BCUT2D eigenvalue weighted by Gasteiger charge is -2.09. The molecular formula is C16H10F3N5S. The fourth-order valence-corrected chi connectivity index (χ4v) is 3.28. The molecule has 0 spiro atoms. The maximum atomic E-state index is 13.0. The second-order valence-corrected chi connectivity index (χ2v) is 6.18. The van der Waals surface area contributed by atoms with Gasteiger partial charge in [-0.05, 0) is 12.1 Å². The number of thioether (sulfide) groups is 1. The van der Waals surface area contributed by atoms with Gasteiger partial charge in [-0.2, -0.15) is 13.2 Å². The third-order valence-corrected chi connectivity index (χ3v) is 4.49. The predicted molar refractivity (Wildman–Crippen MR) is 87.1 cm³/mol. The van der Waals surface area contributed by atoms with Crippen LogP contribution in [0, 0.1) is 0 Å². The zero-order valence-electron chi connectivity index (χ0n) is 12.6. The lowest BCUT2D eigenvalue weighted by Crippen LogP contribution is -2.11. The third-order valence-electron chi connectivity index (χ3n) is 3.46. The van der Waals surface area contributed by atoms with Crippen molar-refractivity contribution in [3.63, 3.8) is 0 Å². The van der Waals surface area contributed by atoms with E-state index in [1.807, 2.05) is 6.20 Å². The lowest BCUT2D eigenvalue weighted by atomic mass is 10.2. The van der Waals surface area contributed by atoms with Crippen LogP contribution in [0.15, 0.2) is 53.9 Å². The molecule has 3 aromatic heterocycles. The van der Waals surface area contributed by atoms with Crippen LogP contribution in [0.2, 0.25) is 0 Å². The molecular weight excluding hydrogens is 351 g/mol. The van der Waals surface area contributed by atoms with Crippen molar-refractivity contribution < 1.29 is 13.2 Å². The molecule has 0 bridgehead atoms. The maximum absolute atomic E-state index is 13.0. The van der Waals surface area contributed by atoms with E-state index in [-0.39, 0.29) is 10.5 Å². The molecule has 4 rings (SSSR count). The van der Waals surface area contributed by atoms with E-state index in [0.717, 1.165) is 0 Å². The molecule has 5 nitrogen and oxygen atoms in total. The van der Waals surface area contributed by atoms with Gasteiger partial charge in [-0.25, -0.2) is 19.9 Å². The number of halogens is 3. The van der Waals surface area contributed by atoms with E-state index >= 15 is 0 Å². The van der Waals surface area contributed by atoms with Crippen LogP contribution < -0.4 is 0 Å². The van der Waals surface area contributed by atoms with Crippen LogP contribution >= 0.6 is 11.8 Å². The molecule has 1 aromatic carbocycles. The van der Waals surface area contributed by atoms with Crippen LogP contribution in [0.1, 0.15) is 11.5 Å². The highest BCUT2D eigenvalue weighted by Crippen LogP contribution is 2.33. The van der Waals surface area contributed by atoms with Crippen LogP contribution in [0.4, 0.5) is 13.2 Å². The minimum Gasteiger partial charge on any atom is -0.291 e. The Bertz CT molecular complexity index is 1030. The molecule has 0 fully saturated rings. The Kier molecular flexibility index (Phi) is 3.79. The number of benzene rings is 1. The highest BCUT2D eigenvalue weighted by Gasteiger charge is 2.35. The first kappa shape index (κ1) is 15.8. The lowest BCUT2D eigenvalue weighted by molar-refractivity contribution is -0.145. The van der Waals surface area contributed by atoms with Crippen LogP contribution in [0.3, 0.4) is 0 Å². The van der Waals surface area contributed by atoms with Crippen molar-refractivity contribution in [2.45, 2.75) is 17.0 Å². The summed E-state index contributed by atoms with van der Waals surface area (Å²) in [6.45, 7) is 0. The minimum absolute atomic E-state index is 0.268. The van der Waals surface area contributed by atoms with Crippen LogP contribution in [-0.2, 0) is 11.9 Å². The number of rotatable bonds is 3. The van der Waals surface area contributed by atoms with Crippen molar-refractivity contribution in [3.05, 3.63) is 60.4 Å². The second-order valence-electron chi connectivity index (χ2n) is 5.22. The molecule has 126 valence electrons. The standard InChI is InChI=1S/C16H10F3N5S/c17-16(18,19)14-22-12-5-2-1-4-11(12)13(23-14)25-9-10-8-24-7-3-6-20-15(24)21-10/h1-8H,9H2. The van der Waals surface area contributed by atoms with Crippen molar-refractivity contribution in [2.24, 2.45) is 0 Å². The first-order valence-corrected chi connectivity index (χ1v) is 8.25. The van der Waals surface area contributed by atoms with Crippen molar-refractivity contribution in [3.8, 4) is 0 Å². The molecule has 0 amide bonds. The smallest absolute Gasteiger partial charge is 0.291 e. The van der Waals surface area contributed by atoms with Gasteiger partial charge in [-0.3, -0.25) is 4.40 Å². The molecule has 0 N–H and O–H groups in total. The van der Waals surface area contributed by atoms with Crippen molar-refractivity contribution in [2.75, 3.05) is 0 Å². The monoisotopic (exact) mass is 361 g/mol. The van der Waals surface area contributed by atoms with Crippen LogP contribution in [0.25, 0.3) is 16.7 Å². The number of hydrogen-bond acceptors (Lipinski definition) is 5. The zero-order valence-corrected chi connectivity index (χ0v) is 13.4. The largest absolute Gasteiger partial charge is 0.451 e. The summed E-state index contributed by atoms with van der Waals surface area (Å²) in [6, 6.07) is 8.43. The molecule has 25 heavy (non-hydrogen) atoms. The minimum atomic E-state index is -4.59. The van der Waals surface area contributed by atoms with Crippen LogP contribution in [-0.4, -0.2) is 24.3 Å². The van der Waals surface area contributed by atoms with E-state index in [1.54, 1.807) is 47.1 Å². The van der Waals surface area contributed by atoms with E-state index in [2.05, 4.69) is 19.9 Å². The average Bonchev–Trinajstić information content (AvgIpc) is 3.01. The molecule has 4 aromatic rings. The molecule has 9 heteroatoms. The Morgan fingerprint density at radius 1 is 1.04 bits per heavy atom. The number of aromatic nitrogens is 5. The Morgan fingerprint density at radius 3 is 2.68 bits per heavy atom. The third kappa shape index (κ3) is 3.14. The highest BCUT2D eigenvalue weighted by atomic mass is 32.2. The number of hydrogen-bond donors (Lipinski definition) is 0. The molecule has 0 atom stereocenters. The summed E-state index contributed by atoms with van der Waals surface area (Å²) < 4.78 is 40.9. The Labute approximate surface area is 144 Å². The second kappa shape index (κ2) is 5.99. The van der Waals surface area contributed by atoms with Crippen molar-refractivity contribution >= 4 is 28.4 Å². The summed E-state index contributed by atoms with van der Waals surface area (Å²) >= 11 is 1.19. The Hall–Kier alpha value is -2.68. The molecule has 0 unspecified atom stereocenters. The number of fused-ring (bicyclic) bond motifs is 2. The summed E-state index contributed by atoms with van der Waals surface area (Å²) in [7, 11) is 0. The summed E-state index contributed by atoms with van der Waals surface area (Å²) in [5.74, 6) is -0.214. The summed E-state index contributed by atoms with van der Waals surface area (Å²) in [6.07, 6.45) is 0.647. The highest BCUT2D eigenvalue weighted by molar-refractivity contribution is 7.98. The fraction of sp³-hybridized carbons (Fsp3) is 0.125. The predicted octanol–water partition coefficient (Wildman–Crippen LogP) is 3.98. The van der Waals surface area contributed by atoms with E-state index < -0.39 is 12.0 Å². The summed E-state index contributed by atoms with van der Waals surface area (Å²) in [4.78, 5) is 15.8. The topological polar surface area (TPSA) is 56.0 Å². The number of nitrogens with zero attached hydrogens (tertiary/aromatic N) is 5. The van der Waals surface area contributed by atoms with Gasteiger partial charge in [0.15, 0.2) is 0 Å². The molecule has 0 aliphatic rings. The fourth-order valence-electron chi connectivity index (χ4n) is 2.38. The molecule has 0 radical (unpaired) electrons. The molecule has 3 heterocycles. The van der Waals surface area contributed by atoms with E-state index in [4.69, 9.17) is 0 Å². The van der Waals surface area contributed by atoms with Gasteiger partial charge in [0.05, 0.1) is 11.2 Å². The number of alkyl halides is 3. The van der Waals surface area contributed by atoms with E-state index in [1.165, 1.54) is 11.8 Å². The Morgan fingerprint density at radius 2 is 1.88 bits per heavy atom. The van der Waals surface area contributed by atoms with Gasteiger partial charge in [0.1, 0.15) is 5.03 Å². The first-order valence-electron chi connectivity index (χ1n) is 7.26. The normalized spacial score (nSPS) is 12.1. The van der Waals surface area contributed by atoms with Gasteiger partial charge in [0.25, 0.3) is 0 Å². The van der Waals surface area contributed by atoms with Crippen molar-refractivity contribution in [1.82, 2.24) is 24.3 Å². The van der Waals surface area contributed by atoms with Gasteiger partial charge >= 0.3 is 6.18 Å². The van der Waals surface area contributed by atoms with Gasteiger partial charge in [0, 0.05) is 29.7 Å². The van der Waals surface area contributed by atoms with Crippen LogP contribution in [0.5, 0.6) is 0 Å². The van der Waals surface area contributed by atoms with Gasteiger partial charge in [-0.15, -0.1) is 0 Å². The van der Waals surface area contributed by atoms with E-state index in [9.17, 15) is 13.2 Å². The maximum Gasteiger partial charge on any atom is 0.451 e.